The minimum Gasteiger partial charge on any atom is -0.399 e. The topological polar surface area (TPSA) is 45.9 Å². The zero-order valence-corrected chi connectivity index (χ0v) is 5.35. The highest BCUT2D eigenvalue weighted by molar-refractivity contribution is 6.32. The molecular weight excluding hydrogens is 138 g/mol. The number of benzene rings is 1. The first-order chi connectivity index (χ1) is 4.20. The molecule has 0 aliphatic heterocycles. The molecule has 1 aromatic rings. The molecule has 9 heavy (non-hydrogen) atoms. The lowest BCUT2D eigenvalue weighted by Gasteiger charge is -1.92. The number of hydrogen-bond donors (Lipinski definition) is 1. The van der Waals surface area contributed by atoms with Crippen molar-refractivity contribution in [1.29, 1.82) is 0 Å². The molecule has 0 amide bonds. The molecular formula is C6H5ClNO. The monoisotopic (exact) mass is 142 g/mol. The standard InChI is InChI=1S/C6H5ClNO/c7-5-3-4(8)1-2-6(5)9/h1-3H,8H2. The van der Waals surface area contributed by atoms with Crippen molar-refractivity contribution in [3.8, 4) is 5.75 Å². The third kappa shape index (κ3) is 1.27. The molecule has 0 fully saturated rings. The summed E-state index contributed by atoms with van der Waals surface area (Å²) in [6, 6.07) is 4.30. The van der Waals surface area contributed by atoms with Crippen LogP contribution in [0.2, 0.25) is 5.02 Å². The molecule has 0 aliphatic rings. The van der Waals surface area contributed by atoms with E-state index >= 15 is 0 Å². The number of nitrogens with two attached hydrogens (primary N) is 1. The van der Waals surface area contributed by atoms with Gasteiger partial charge in [-0.2, -0.15) is 0 Å². The number of rotatable bonds is 0. The predicted octanol–water partition coefficient (Wildman–Crippen LogP) is 2.07. The van der Waals surface area contributed by atoms with Gasteiger partial charge in [0.1, 0.15) is 0 Å². The molecule has 3 heteroatoms. The first kappa shape index (κ1) is 6.23. The Hall–Kier alpha value is -0.890. The highest BCUT2D eigenvalue weighted by Crippen LogP contribution is 2.24. The Morgan fingerprint density at radius 2 is 2.11 bits per heavy atom. The average Bonchev–Trinajstić information content (AvgIpc) is 1.80. The van der Waals surface area contributed by atoms with Crippen LogP contribution in [0.15, 0.2) is 18.2 Å². The molecule has 0 saturated heterocycles. The Morgan fingerprint density at radius 1 is 1.44 bits per heavy atom. The van der Waals surface area contributed by atoms with Crippen molar-refractivity contribution in [2.45, 2.75) is 0 Å². The van der Waals surface area contributed by atoms with E-state index < -0.39 is 0 Å². The van der Waals surface area contributed by atoms with E-state index in [1.807, 2.05) is 0 Å². The van der Waals surface area contributed by atoms with E-state index in [-0.39, 0.29) is 10.8 Å². The number of nitrogen functional groups attached to an aromatic ring is 1. The Morgan fingerprint density at radius 3 is 2.56 bits per heavy atom. The van der Waals surface area contributed by atoms with Gasteiger partial charge in [-0.25, -0.2) is 0 Å². The Bertz CT molecular complexity index is 224. The maximum Gasteiger partial charge on any atom is 0.197 e. The van der Waals surface area contributed by atoms with Gasteiger partial charge in [0.05, 0.1) is 5.02 Å². The van der Waals surface area contributed by atoms with Gasteiger partial charge in [-0.3, -0.25) is 5.11 Å². The number of anilines is 1. The SMILES string of the molecule is Nc1ccc([O])c(Cl)c1. The minimum absolute atomic E-state index is 0.176. The maximum absolute atomic E-state index is 10.6. The third-order valence-corrected chi connectivity index (χ3v) is 1.25. The van der Waals surface area contributed by atoms with Crippen molar-refractivity contribution in [2.75, 3.05) is 5.73 Å². The van der Waals surface area contributed by atoms with Gasteiger partial charge in [0.15, 0.2) is 5.75 Å². The molecule has 1 aromatic carbocycles. The predicted molar refractivity (Wildman–Crippen MR) is 36.0 cm³/mol. The van der Waals surface area contributed by atoms with Crippen LogP contribution >= 0.6 is 11.6 Å². The van der Waals surface area contributed by atoms with Gasteiger partial charge in [0.2, 0.25) is 0 Å². The van der Waals surface area contributed by atoms with Crippen molar-refractivity contribution >= 4 is 17.3 Å². The molecule has 0 saturated carbocycles. The molecule has 1 rings (SSSR count). The largest absolute Gasteiger partial charge is 0.399 e. The van der Waals surface area contributed by atoms with Crippen LogP contribution in [0.3, 0.4) is 0 Å². The van der Waals surface area contributed by atoms with E-state index in [0.29, 0.717) is 5.69 Å². The van der Waals surface area contributed by atoms with E-state index in [9.17, 15) is 5.11 Å². The van der Waals surface area contributed by atoms with Crippen molar-refractivity contribution in [1.82, 2.24) is 0 Å². The summed E-state index contributed by atoms with van der Waals surface area (Å²) in [5.41, 5.74) is 5.82. The maximum atomic E-state index is 10.6. The first-order valence-electron chi connectivity index (χ1n) is 2.42. The summed E-state index contributed by atoms with van der Waals surface area (Å²) in [5.74, 6) is -0.189. The summed E-state index contributed by atoms with van der Waals surface area (Å²) < 4.78 is 0. The summed E-state index contributed by atoms with van der Waals surface area (Å²) in [5, 5.41) is 10.8. The fourth-order valence-electron chi connectivity index (χ4n) is 0.517. The summed E-state index contributed by atoms with van der Waals surface area (Å²) in [4.78, 5) is 0. The molecule has 0 heterocycles. The smallest absolute Gasteiger partial charge is 0.197 e. The summed E-state index contributed by atoms with van der Waals surface area (Å²) in [6.07, 6.45) is 0. The lowest BCUT2D eigenvalue weighted by Crippen LogP contribution is -1.81. The second-order valence-electron chi connectivity index (χ2n) is 1.69. The first-order valence-corrected chi connectivity index (χ1v) is 2.80. The Balaban J connectivity index is 3.17. The van der Waals surface area contributed by atoms with Crippen LogP contribution in [-0.4, -0.2) is 0 Å². The lowest BCUT2D eigenvalue weighted by atomic mass is 10.3. The Labute approximate surface area is 57.9 Å². The fourth-order valence-corrected chi connectivity index (χ4v) is 0.706. The number of hydrogen-bond acceptors (Lipinski definition) is 1. The van der Waals surface area contributed by atoms with Gasteiger partial charge < -0.3 is 5.73 Å². The second kappa shape index (κ2) is 2.15. The molecule has 0 bridgehead atoms. The molecule has 0 spiro atoms. The highest BCUT2D eigenvalue weighted by atomic mass is 35.5. The van der Waals surface area contributed by atoms with Crippen LogP contribution in [0, 0.1) is 0 Å². The zero-order chi connectivity index (χ0) is 6.85. The molecule has 2 nitrogen and oxygen atoms in total. The van der Waals surface area contributed by atoms with Crippen LogP contribution in [0.1, 0.15) is 0 Å². The van der Waals surface area contributed by atoms with Crippen LogP contribution in [0.5, 0.6) is 5.75 Å². The molecule has 1 radical (unpaired) electrons. The zero-order valence-electron chi connectivity index (χ0n) is 4.60. The van der Waals surface area contributed by atoms with Gasteiger partial charge in [0.25, 0.3) is 0 Å². The van der Waals surface area contributed by atoms with Gasteiger partial charge in [0, 0.05) is 5.69 Å². The minimum atomic E-state index is -0.189. The summed E-state index contributed by atoms with van der Waals surface area (Å²) >= 11 is 5.42. The normalized spacial score (nSPS) is 9.44. The fraction of sp³-hybridized carbons (Fsp3) is 0. The lowest BCUT2D eigenvalue weighted by molar-refractivity contribution is 0.355. The van der Waals surface area contributed by atoms with Crippen molar-refractivity contribution in [3.05, 3.63) is 23.2 Å². The van der Waals surface area contributed by atoms with Crippen LogP contribution in [0.25, 0.3) is 0 Å². The molecule has 0 unspecified atom stereocenters. The van der Waals surface area contributed by atoms with Gasteiger partial charge in [-0.1, -0.05) is 11.6 Å². The van der Waals surface area contributed by atoms with E-state index in [2.05, 4.69) is 0 Å². The van der Waals surface area contributed by atoms with Crippen molar-refractivity contribution in [2.24, 2.45) is 0 Å². The average molecular weight is 143 g/mol. The third-order valence-electron chi connectivity index (χ3n) is 0.956. The van der Waals surface area contributed by atoms with E-state index in [0.717, 1.165) is 0 Å². The second-order valence-corrected chi connectivity index (χ2v) is 2.10. The van der Waals surface area contributed by atoms with Gasteiger partial charge in [-0.15, -0.1) is 0 Å². The summed E-state index contributed by atoms with van der Waals surface area (Å²) in [6.45, 7) is 0. The highest BCUT2D eigenvalue weighted by Gasteiger charge is 1.97. The van der Waals surface area contributed by atoms with Crippen molar-refractivity contribution < 1.29 is 5.11 Å². The summed E-state index contributed by atoms with van der Waals surface area (Å²) in [7, 11) is 0. The molecule has 47 valence electrons. The molecule has 0 aromatic heterocycles. The van der Waals surface area contributed by atoms with Gasteiger partial charge in [-0.05, 0) is 18.2 Å². The van der Waals surface area contributed by atoms with E-state index in [4.69, 9.17) is 17.3 Å². The molecule has 0 aliphatic carbocycles. The van der Waals surface area contributed by atoms with Gasteiger partial charge >= 0.3 is 0 Å². The van der Waals surface area contributed by atoms with Crippen LogP contribution < -0.4 is 5.73 Å². The van der Waals surface area contributed by atoms with Crippen LogP contribution in [-0.2, 0) is 5.11 Å². The quantitative estimate of drug-likeness (QED) is 0.554. The van der Waals surface area contributed by atoms with E-state index in [1.54, 1.807) is 0 Å². The Kier molecular flexibility index (Phi) is 1.49. The number of halogens is 1. The molecule has 0 atom stereocenters. The molecule has 2 N–H and O–H groups in total. The van der Waals surface area contributed by atoms with Crippen LogP contribution in [0.4, 0.5) is 5.69 Å². The van der Waals surface area contributed by atoms with E-state index in [1.165, 1.54) is 18.2 Å². The van der Waals surface area contributed by atoms with Crippen molar-refractivity contribution in [3.63, 3.8) is 0 Å².